The molecule has 3 aromatic rings. The van der Waals surface area contributed by atoms with Gasteiger partial charge in [-0.1, -0.05) is 0 Å². The molecule has 0 atom stereocenters. The summed E-state index contributed by atoms with van der Waals surface area (Å²) in [4.78, 5) is 7.19. The van der Waals surface area contributed by atoms with E-state index in [-0.39, 0.29) is 0 Å². The molecule has 0 spiro atoms. The van der Waals surface area contributed by atoms with Gasteiger partial charge in [-0.2, -0.15) is 5.26 Å². The molecule has 0 saturated heterocycles. The number of pyridine rings is 1. The first kappa shape index (κ1) is 22.1. The molecule has 1 saturated carbocycles. The summed E-state index contributed by atoms with van der Waals surface area (Å²) in [6, 6.07) is 17.8. The van der Waals surface area contributed by atoms with Crippen LogP contribution in [0.2, 0.25) is 0 Å². The van der Waals surface area contributed by atoms with Crippen LogP contribution in [0.4, 0.5) is 5.69 Å². The molecule has 0 radical (unpaired) electrons. The van der Waals surface area contributed by atoms with E-state index in [1.807, 2.05) is 12.1 Å². The molecule has 2 aromatic heterocycles. The van der Waals surface area contributed by atoms with Gasteiger partial charge in [-0.3, -0.25) is 0 Å². The molecule has 0 amide bonds. The maximum Gasteiger partial charge on any atom is 0.137 e. The Hall–Kier alpha value is -3.10. The Morgan fingerprint density at radius 1 is 1.06 bits per heavy atom. The predicted octanol–water partition coefficient (Wildman–Crippen LogP) is 4.64. The number of benzene rings is 1. The van der Waals surface area contributed by atoms with Gasteiger partial charge in [-0.15, -0.1) is 0 Å². The fraction of sp³-hybridized carbons (Fsp3) is 0.407. The zero-order chi connectivity index (χ0) is 22.7. The van der Waals surface area contributed by atoms with Gasteiger partial charge in [0.2, 0.25) is 0 Å². The molecule has 0 unspecified atom stereocenters. The van der Waals surface area contributed by atoms with Crippen molar-refractivity contribution in [3.63, 3.8) is 0 Å². The largest absolute Gasteiger partial charge is 0.373 e. The molecule has 1 N–H and O–H groups in total. The highest BCUT2D eigenvalue weighted by Gasteiger charge is 2.20. The quantitative estimate of drug-likeness (QED) is 0.540. The van der Waals surface area contributed by atoms with Gasteiger partial charge < -0.3 is 14.8 Å². The molecular formula is C27H33N5. The first-order valence-corrected chi connectivity index (χ1v) is 11.5. The van der Waals surface area contributed by atoms with Gasteiger partial charge in [-0.05, 0) is 100 Å². The Bertz CT molecular complexity index is 1110. The maximum atomic E-state index is 9.55. The van der Waals surface area contributed by atoms with Gasteiger partial charge >= 0.3 is 0 Å². The molecule has 5 nitrogen and oxygen atoms in total. The molecule has 1 fully saturated rings. The Morgan fingerprint density at radius 3 is 2.50 bits per heavy atom. The topological polar surface area (TPSA) is 56.9 Å². The molecule has 5 heteroatoms. The van der Waals surface area contributed by atoms with Crippen LogP contribution in [0.1, 0.15) is 46.6 Å². The highest BCUT2D eigenvalue weighted by Crippen LogP contribution is 2.22. The van der Waals surface area contributed by atoms with E-state index < -0.39 is 0 Å². The number of aryl methyl sites for hydroxylation is 5. The number of rotatable bonds is 9. The standard InChI is InChI=1S/C27H33N5/c1-19-13-25(30-27(14-19)32-20(2)5-6-21(32)3)8-7-22-15-23(18-28)17-26(16-22)31(4)12-11-29-24-9-10-24/h5-6,13-17,24,29H,7-12H2,1-4H3. The minimum atomic E-state index is 0.718. The number of nitriles is 1. The van der Waals surface area contributed by atoms with Crippen LogP contribution in [0, 0.1) is 32.1 Å². The van der Waals surface area contributed by atoms with Crippen LogP contribution in [-0.2, 0) is 12.8 Å². The van der Waals surface area contributed by atoms with Crippen molar-refractivity contribution >= 4 is 5.69 Å². The summed E-state index contributed by atoms with van der Waals surface area (Å²) in [5.74, 6) is 0.981. The average Bonchev–Trinajstić information content (AvgIpc) is 3.54. The third kappa shape index (κ3) is 5.38. The number of anilines is 1. The summed E-state index contributed by atoms with van der Waals surface area (Å²) in [6.45, 7) is 8.26. The Labute approximate surface area is 191 Å². The zero-order valence-electron chi connectivity index (χ0n) is 19.7. The van der Waals surface area contributed by atoms with Gasteiger partial charge in [0.25, 0.3) is 0 Å². The van der Waals surface area contributed by atoms with Gasteiger partial charge in [-0.25, -0.2) is 4.98 Å². The molecule has 0 aliphatic heterocycles. The van der Waals surface area contributed by atoms with E-state index in [0.29, 0.717) is 0 Å². The fourth-order valence-corrected chi connectivity index (χ4v) is 4.22. The van der Waals surface area contributed by atoms with Crippen molar-refractivity contribution in [3.05, 3.63) is 76.2 Å². The molecule has 4 rings (SSSR count). The second-order valence-electron chi connectivity index (χ2n) is 9.10. The molecular weight excluding hydrogens is 394 g/mol. The lowest BCUT2D eigenvalue weighted by atomic mass is 10.0. The minimum Gasteiger partial charge on any atom is -0.373 e. The highest BCUT2D eigenvalue weighted by atomic mass is 15.1. The zero-order valence-corrected chi connectivity index (χ0v) is 19.7. The summed E-state index contributed by atoms with van der Waals surface area (Å²) >= 11 is 0. The molecule has 2 heterocycles. The van der Waals surface area contributed by atoms with Crippen molar-refractivity contribution in [2.24, 2.45) is 0 Å². The molecule has 32 heavy (non-hydrogen) atoms. The lowest BCUT2D eigenvalue weighted by Gasteiger charge is -2.21. The van der Waals surface area contributed by atoms with Crippen LogP contribution in [0.3, 0.4) is 0 Å². The number of hydrogen-bond acceptors (Lipinski definition) is 4. The van der Waals surface area contributed by atoms with Gasteiger partial charge in [0.15, 0.2) is 0 Å². The van der Waals surface area contributed by atoms with Crippen LogP contribution < -0.4 is 10.2 Å². The Morgan fingerprint density at radius 2 is 1.81 bits per heavy atom. The fourth-order valence-electron chi connectivity index (χ4n) is 4.22. The van der Waals surface area contributed by atoms with Gasteiger partial charge in [0.1, 0.15) is 5.82 Å². The van der Waals surface area contributed by atoms with E-state index in [1.165, 1.54) is 35.4 Å². The average molecular weight is 428 g/mol. The summed E-state index contributed by atoms with van der Waals surface area (Å²) in [6.07, 6.45) is 4.30. The Kier molecular flexibility index (Phi) is 6.62. The number of nitrogens with zero attached hydrogens (tertiary/aromatic N) is 4. The van der Waals surface area contributed by atoms with E-state index in [4.69, 9.17) is 4.98 Å². The summed E-state index contributed by atoms with van der Waals surface area (Å²) < 4.78 is 2.20. The number of aromatic nitrogens is 2. The van der Waals surface area contributed by atoms with Gasteiger partial charge in [0.05, 0.1) is 11.6 Å². The third-order valence-corrected chi connectivity index (χ3v) is 6.18. The van der Waals surface area contributed by atoms with Gasteiger partial charge in [0, 0.05) is 48.9 Å². The summed E-state index contributed by atoms with van der Waals surface area (Å²) in [5.41, 5.74) is 7.68. The van der Waals surface area contributed by atoms with Crippen LogP contribution in [0.25, 0.3) is 5.82 Å². The SMILES string of the molecule is Cc1cc(CCc2cc(C#N)cc(N(C)CCNC3CC3)c2)nc(-n2c(C)ccc2C)c1. The summed E-state index contributed by atoms with van der Waals surface area (Å²) in [7, 11) is 2.10. The second-order valence-corrected chi connectivity index (χ2v) is 9.10. The third-order valence-electron chi connectivity index (χ3n) is 6.18. The monoisotopic (exact) mass is 427 g/mol. The lowest BCUT2D eigenvalue weighted by molar-refractivity contribution is 0.675. The number of nitrogens with one attached hydrogen (secondary N) is 1. The first-order chi connectivity index (χ1) is 15.4. The Balaban J connectivity index is 1.49. The molecule has 1 aliphatic carbocycles. The number of hydrogen-bond donors (Lipinski definition) is 1. The highest BCUT2D eigenvalue weighted by molar-refractivity contribution is 5.54. The second kappa shape index (κ2) is 9.58. The van der Waals surface area contributed by atoms with Crippen molar-refractivity contribution < 1.29 is 0 Å². The van der Waals surface area contributed by atoms with E-state index in [2.05, 4.69) is 79.0 Å². The van der Waals surface area contributed by atoms with E-state index in [0.717, 1.165) is 54.7 Å². The lowest BCUT2D eigenvalue weighted by Crippen LogP contribution is -2.30. The van der Waals surface area contributed by atoms with Crippen molar-refractivity contribution in [2.75, 3.05) is 25.0 Å². The van der Waals surface area contributed by atoms with Crippen molar-refractivity contribution in [1.29, 1.82) is 5.26 Å². The van der Waals surface area contributed by atoms with Crippen molar-refractivity contribution in [1.82, 2.24) is 14.9 Å². The molecule has 1 aliphatic rings. The molecule has 0 bridgehead atoms. The minimum absolute atomic E-state index is 0.718. The van der Waals surface area contributed by atoms with Crippen molar-refractivity contribution in [3.8, 4) is 11.9 Å². The van der Waals surface area contributed by atoms with E-state index in [9.17, 15) is 5.26 Å². The molecule has 1 aromatic carbocycles. The molecule has 166 valence electrons. The number of likely N-dealkylation sites (N-methyl/N-ethyl adjacent to an activating group) is 1. The normalized spacial score (nSPS) is 13.2. The summed E-state index contributed by atoms with van der Waals surface area (Å²) in [5, 5.41) is 13.1. The van der Waals surface area contributed by atoms with E-state index >= 15 is 0 Å². The maximum absolute atomic E-state index is 9.55. The van der Waals surface area contributed by atoms with Crippen LogP contribution in [-0.4, -0.2) is 35.7 Å². The van der Waals surface area contributed by atoms with Crippen LogP contribution >= 0.6 is 0 Å². The van der Waals surface area contributed by atoms with E-state index in [1.54, 1.807) is 0 Å². The smallest absolute Gasteiger partial charge is 0.137 e. The van der Waals surface area contributed by atoms with Crippen molar-refractivity contribution in [2.45, 2.75) is 52.5 Å². The van der Waals surface area contributed by atoms with Crippen LogP contribution in [0.15, 0.2) is 42.5 Å². The predicted molar refractivity (Wildman–Crippen MR) is 131 cm³/mol. The van der Waals surface area contributed by atoms with Crippen LogP contribution in [0.5, 0.6) is 0 Å². The first-order valence-electron chi connectivity index (χ1n) is 11.5.